The summed E-state index contributed by atoms with van der Waals surface area (Å²) in [6.07, 6.45) is 5.57. The van der Waals surface area contributed by atoms with E-state index in [0.717, 1.165) is 39.1 Å². The molecule has 0 fully saturated rings. The maximum absolute atomic E-state index is 4.69. The largest absolute Gasteiger partial charge is 0.331 e. The minimum atomic E-state index is 0.743. The van der Waals surface area contributed by atoms with Crippen molar-refractivity contribution in [3.05, 3.63) is 40.9 Å². The zero-order chi connectivity index (χ0) is 13.4. The fourth-order valence-corrected chi connectivity index (χ4v) is 2.89. The molecule has 0 atom stereocenters. The van der Waals surface area contributed by atoms with Crippen LogP contribution in [0.2, 0.25) is 0 Å². The third kappa shape index (κ3) is 2.04. The Hall–Kier alpha value is -1.75. The summed E-state index contributed by atoms with van der Waals surface area (Å²) in [6.45, 7) is 5.00. The third-order valence-corrected chi connectivity index (χ3v) is 3.73. The van der Waals surface area contributed by atoms with Crippen molar-refractivity contribution >= 4 is 27.0 Å². The molecular weight excluding hydrogens is 304 g/mol. The van der Waals surface area contributed by atoms with Crippen LogP contribution in [0.1, 0.15) is 12.6 Å². The van der Waals surface area contributed by atoms with E-state index < -0.39 is 0 Å². The molecule has 3 heterocycles. The lowest BCUT2D eigenvalue weighted by Gasteiger charge is -2.05. The second-order valence-corrected chi connectivity index (χ2v) is 5.18. The lowest BCUT2D eigenvalue weighted by molar-refractivity contribution is 0.785. The van der Waals surface area contributed by atoms with Gasteiger partial charge in [0.05, 0.1) is 11.1 Å². The van der Waals surface area contributed by atoms with Crippen molar-refractivity contribution in [1.29, 1.82) is 0 Å². The first-order valence-electron chi connectivity index (χ1n) is 6.14. The lowest BCUT2D eigenvalue weighted by Crippen LogP contribution is -1.98. The van der Waals surface area contributed by atoms with Gasteiger partial charge in [0.2, 0.25) is 0 Å². The molecule has 96 valence electrons. The van der Waals surface area contributed by atoms with E-state index in [0.29, 0.717) is 0 Å². The molecule has 0 spiro atoms. The van der Waals surface area contributed by atoms with Gasteiger partial charge in [-0.2, -0.15) is 0 Å². The van der Waals surface area contributed by atoms with Crippen LogP contribution in [-0.2, 0) is 6.54 Å². The van der Waals surface area contributed by atoms with E-state index in [2.05, 4.69) is 43.6 Å². The molecule has 0 saturated carbocycles. The SMILES string of the molecule is CCn1cc(Br)c2c(C)nc(-c3ccncc3)nc21. The quantitative estimate of drug-likeness (QED) is 0.725. The van der Waals surface area contributed by atoms with Crippen LogP contribution in [0.5, 0.6) is 0 Å². The van der Waals surface area contributed by atoms with Crippen LogP contribution in [0.4, 0.5) is 0 Å². The monoisotopic (exact) mass is 316 g/mol. The van der Waals surface area contributed by atoms with Gasteiger partial charge in [-0.1, -0.05) is 0 Å². The predicted octanol–water partition coefficient (Wildman–Crippen LogP) is 3.58. The van der Waals surface area contributed by atoms with Gasteiger partial charge in [0, 0.05) is 35.2 Å². The Balaban J connectivity index is 2.30. The Morgan fingerprint density at radius 3 is 2.63 bits per heavy atom. The standard InChI is InChI=1S/C14H13BrN4/c1-3-19-8-11(15)12-9(2)17-13(18-14(12)19)10-4-6-16-7-5-10/h4-8H,3H2,1-2H3. The third-order valence-electron chi connectivity index (χ3n) is 3.13. The normalized spacial score (nSPS) is 11.1. The van der Waals surface area contributed by atoms with Crippen molar-refractivity contribution in [2.24, 2.45) is 0 Å². The van der Waals surface area contributed by atoms with Gasteiger partial charge < -0.3 is 4.57 Å². The van der Waals surface area contributed by atoms with E-state index >= 15 is 0 Å². The second-order valence-electron chi connectivity index (χ2n) is 4.33. The van der Waals surface area contributed by atoms with E-state index in [1.165, 1.54) is 0 Å². The fourth-order valence-electron chi connectivity index (χ4n) is 2.18. The summed E-state index contributed by atoms with van der Waals surface area (Å²) in [4.78, 5) is 13.3. The first-order valence-corrected chi connectivity index (χ1v) is 6.93. The molecule has 0 saturated heterocycles. The lowest BCUT2D eigenvalue weighted by atomic mass is 10.2. The summed E-state index contributed by atoms with van der Waals surface area (Å²) in [7, 11) is 0. The molecule has 0 amide bonds. The highest BCUT2D eigenvalue weighted by Gasteiger charge is 2.13. The Morgan fingerprint density at radius 2 is 1.95 bits per heavy atom. The Kier molecular flexibility index (Phi) is 3.06. The number of halogens is 1. The van der Waals surface area contributed by atoms with E-state index in [4.69, 9.17) is 4.98 Å². The highest BCUT2D eigenvalue weighted by atomic mass is 79.9. The van der Waals surface area contributed by atoms with Gasteiger partial charge in [0.25, 0.3) is 0 Å². The van der Waals surface area contributed by atoms with Gasteiger partial charge >= 0.3 is 0 Å². The Labute approximate surface area is 119 Å². The molecule has 0 aliphatic heterocycles. The molecular formula is C14H13BrN4. The molecule has 19 heavy (non-hydrogen) atoms. The highest BCUT2D eigenvalue weighted by molar-refractivity contribution is 9.10. The summed E-state index contributed by atoms with van der Waals surface area (Å²) in [6, 6.07) is 3.85. The molecule has 3 rings (SSSR count). The highest BCUT2D eigenvalue weighted by Crippen LogP contribution is 2.29. The van der Waals surface area contributed by atoms with Crippen LogP contribution >= 0.6 is 15.9 Å². The number of hydrogen-bond acceptors (Lipinski definition) is 3. The topological polar surface area (TPSA) is 43.6 Å². The molecule has 0 N–H and O–H groups in total. The molecule has 0 aliphatic carbocycles. The van der Waals surface area contributed by atoms with Gasteiger partial charge in [-0.25, -0.2) is 9.97 Å². The molecule has 0 unspecified atom stereocenters. The first kappa shape index (κ1) is 12.3. The van der Waals surface area contributed by atoms with Gasteiger partial charge in [-0.05, 0) is 41.9 Å². The number of hydrogen-bond donors (Lipinski definition) is 0. The average Bonchev–Trinajstić information content (AvgIpc) is 2.76. The van der Waals surface area contributed by atoms with Crippen LogP contribution in [0.15, 0.2) is 35.2 Å². The van der Waals surface area contributed by atoms with Crippen molar-refractivity contribution in [1.82, 2.24) is 19.5 Å². The van der Waals surface area contributed by atoms with E-state index in [1.807, 2.05) is 19.1 Å². The number of nitrogens with zero attached hydrogens (tertiary/aromatic N) is 4. The molecule has 0 radical (unpaired) electrons. The van der Waals surface area contributed by atoms with Crippen LogP contribution < -0.4 is 0 Å². The molecule has 0 aromatic carbocycles. The molecule has 0 aliphatic rings. The minimum Gasteiger partial charge on any atom is -0.331 e. The number of aryl methyl sites for hydroxylation is 2. The zero-order valence-corrected chi connectivity index (χ0v) is 12.3. The van der Waals surface area contributed by atoms with Gasteiger partial charge in [0.1, 0.15) is 5.65 Å². The summed E-state index contributed by atoms with van der Waals surface area (Å²) < 4.78 is 3.17. The number of rotatable bonds is 2. The van der Waals surface area contributed by atoms with Crippen molar-refractivity contribution in [3.8, 4) is 11.4 Å². The van der Waals surface area contributed by atoms with Gasteiger partial charge in [0.15, 0.2) is 5.82 Å². The van der Waals surface area contributed by atoms with E-state index in [9.17, 15) is 0 Å². The van der Waals surface area contributed by atoms with Crippen molar-refractivity contribution in [3.63, 3.8) is 0 Å². The summed E-state index contributed by atoms with van der Waals surface area (Å²) in [5, 5.41) is 1.08. The maximum atomic E-state index is 4.69. The smallest absolute Gasteiger partial charge is 0.161 e. The summed E-state index contributed by atoms with van der Waals surface area (Å²) in [5.41, 5.74) is 2.93. The number of pyridine rings is 1. The molecule has 3 aromatic rings. The Morgan fingerprint density at radius 1 is 1.21 bits per heavy atom. The first-order chi connectivity index (χ1) is 9.20. The van der Waals surface area contributed by atoms with Crippen molar-refractivity contribution < 1.29 is 0 Å². The minimum absolute atomic E-state index is 0.743. The number of fused-ring (bicyclic) bond motifs is 1. The van der Waals surface area contributed by atoms with Crippen molar-refractivity contribution in [2.75, 3.05) is 0 Å². The predicted molar refractivity (Wildman–Crippen MR) is 78.9 cm³/mol. The molecule has 4 nitrogen and oxygen atoms in total. The van der Waals surface area contributed by atoms with E-state index in [-0.39, 0.29) is 0 Å². The zero-order valence-electron chi connectivity index (χ0n) is 10.8. The summed E-state index contributed by atoms with van der Waals surface area (Å²) >= 11 is 3.58. The van der Waals surface area contributed by atoms with Gasteiger partial charge in [-0.3, -0.25) is 4.98 Å². The molecule has 0 bridgehead atoms. The number of aromatic nitrogens is 4. The molecule has 3 aromatic heterocycles. The Bertz CT molecular complexity index is 734. The van der Waals surface area contributed by atoms with E-state index in [1.54, 1.807) is 12.4 Å². The van der Waals surface area contributed by atoms with Crippen LogP contribution in [-0.4, -0.2) is 19.5 Å². The van der Waals surface area contributed by atoms with Crippen LogP contribution in [0.25, 0.3) is 22.4 Å². The maximum Gasteiger partial charge on any atom is 0.161 e. The average molecular weight is 317 g/mol. The summed E-state index contributed by atoms with van der Waals surface area (Å²) in [5.74, 6) is 0.743. The van der Waals surface area contributed by atoms with Crippen LogP contribution in [0.3, 0.4) is 0 Å². The van der Waals surface area contributed by atoms with Gasteiger partial charge in [-0.15, -0.1) is 0 Å². The van der Waals surface area contributed by atoms with Crippen molar-refractivity contribution in [2.45, 2.75) is 20.4 Å². The molecule has 5 heteroatoms. The fraction of sp³-hybridized carbons (Fsp3) is 0.214. The second kappa shape index (κ2) is 4.74. The van der Waals surface area contributed by atoms with Crippen LogP contribution in [0, 0.1) is 6.92 Å².